The fourth-order valence-electron chi connectivity index (χ4n) is 3.89. The lowest BCUT2D eigenvalue weighted by Crippen LogP contribution is -2.29. The van der Waals surface area contributed by atoms with Crippen molar-refractivity contribution in [2.24, 2.45) is 5.92 Å². The molecule has 0 aliphatic heterocycles. The summed E-state index contributed by atoms with van der Waals surface area (Å²) < 4.78 is 52.9. The van der Waals surface area contributed by atoms with Crippen molar-refractivity contribution in [2.45, 2.75) is 15.6 Å². The Bertz CT molecular complexity index is 1580. The Hall–Kier alpha value is -2.47. The average molecular weight is 692 g/mol. The van der Waals surface area contributed by atoms with Gasteiger partial charge in [0.2, 0.25) is 5.91 Å². The van der Waals surface area contributed by atoms with Crippen molar-refractivity contribution in [2.75, 3.05) is 16.0 Å². The topological polar surface area (TPSA) is 87.3 Å². The standard InChI is InChI=1S/C25H13Cl6F4N3O3/c26-12-4-2-10(36-22(40)20-19(24(20,29)30)9-1-3-13(27)14(28)5-9)6-11(12)21(39)37-17-8-18(16(33)7-15(17)32)38-23(41)25(31,34)35/h1-8,19-20H,(H,36,40)(H,37,39)(H,38,41)/t19-,20?/m0/s1. The normalized spacial score (nSPS) is 17.5. The second-order valence-electron chi connectivity index (χ2n) is 8.71. The van der Waals surface area contributed by atoms with Crippen LogP contribution in [-0.2, 0) is 9.59 Å². The summed E-state index contributed by atoms with van der Waals surface area (Å²) in [5.41, 5.74) is -1.17. The Morgan fingerprint density at radius 2 is 1.39 bits per heavy atom. The van der Waals surface area contributed by atoms with Gasteiger partial charge in [-0.2, -0.15) is 8.78 Å². The molecule has 3 aromatic carbocycles. The van der Waals surface area contributed by atoms with E-state index in [0.717, 1.165) is 6.07 Å². The summed E-state index contributed by atoms with van der Waals surface area (Å²) in [6.07, 6.45) is 0. The van der Waals surface area contributed by atoms with Crippen LogP contribution in [-0.4, -0.2) is 27.4 Å². The zero-order valence-electron chi connectivity index (χ0n) is 19.8. The Morgan fingerprint density at radius 3 is 2.00 bits per heavy atom. The monoisotopic (exact) mass is 689 g/mol. The zero-order chi connectivity index (χ0) is 30.4. The summed E-state index contributed by atoms with van der Waals surface area (Å²) in [4.78, 5) is 37.3. The minimum Gasteiger partial charge on any atom is -0.326 e. The number of amides is 3. The maximum Gasteiger partial charge on any atom is 0.400 e. The van der Waals surface area contributed by atoms with Crippen molar-refractivity contribution in [3.8, 4) is 0 Å². The molecule has 3 aromatic rings. The van der Waals surface area contributed by atoms with Crippen molar-refractivity contribution in [3.63, 3.8) is 0 Å². The van der Waals surface area contributed by atoms with E-state index in [4.69, 9.17) is 58.0 Å². The molecule has 0 heterocycles. The highest BCUT2D eigenvalue weighted by molar-refractivity contribution is 6.53. The van der Waals surface area contributed by atoms with Gasteiger partial charge in [0.15, 0.2) is 0 Å². The van der Waals surface area contributed by atoms with Crippen LogP contribution in [0.1, 0.15) is 21.8 Å². The molecule has 1 unspecified atom stereocenters. The summed E-state index contributed by atoms with van der Waals surface area (Å²) in [6, 6.07) is 9.32. The molecule has 1 aliphatic rings. The number of hydrogen-bond donors (Lipinski definition) is 3. The molecule has 3 N–H and O–H groups in total. The zero-order valence-corrected chi connectivity index (χ0v) is 24.3. The molecule has 1 saturated carbocycles. The fourth-order valence-corrected chi connectivity index (χ4v) is 5.28. The summed E-state index contributed by atoms with van der Waals surface area (Å²) >= 11 is 35.4. The quantitative estimate of drug-likeness (QED) is 0.172. The Balaban J connectivity index is 1.51. The third-order valence-electron chi connectivity index (χ3n) is 5.93. The molecule has 1 aliphatic carbocycles. The smallest absolute Gasteiger partial charge is 0.326 e. The first kappa shape index (κ1) is 31.5. The molecule has 4 rings (SSSR count). The van der Waals surface area contributed by atoms with E-state index in [2.05, 4.69) is 22.2 Å². The second kappa shape index (κ2) is 11.7. The third kappa shape index (κ3) is 6.79. The summed E-state index contributed by atoms with van der Waals surface area (Å²) in [7, 11) is 0. The van der Waals surface area contributed by atoms with Crippen LogP contribution in [0.15, 0.2) is 48.5 Å². The number of halogens is 10. The lowest BCUT2D eigenvalue weighted by atomic mass is 10.1. The van der Waals surface area contributed by atoms with Gasteiger partial charge in [-0.15, -0.1) is 23.2 Å². The van der Waals surface area contributed by atoms with Crippen molar-refractivity contribution in [1.29, 1.82) is 0 Å². The molecule has 0 saturated heterocycles. The van der Waals surface area contributed by atoms with Crippen molar-refractivity contribution >= 4 is 104 Å². The lowest BCUT2D eigenvalue weighted by molar-refractivity contribution is -0.130. The highest BCUT2D eigenvalue weighted by atomic mass is 35.5. The molecule has 0 spiro atoms. The largest absolute Gasteiger partial charge is 0.400 e. The molecular formula is C25H13Cl6F4N3O3. The molecule has 2 atom stereocenters. The number of nitrogens with one attached hydrogen (secondary N) is 3. The number of anilines is 3. The van der Waals surface area contributed by atoms with Crippen LogP contribution in [0.5, 0.6) is 0 Å². The van der Waals surface area contributed by atoms with Gasteiger partial charge in [-0.3, -0.25) is 14.4 Å². The number of rotatable bonds is 7. The first-order chi connectivity index (χ1) is 19.0. The molecule has 41 heavy (non-hydrogen) atoms. The lowest BCUT2D eigenvalue weighted by Gasteiger charge is -2.14. The summed E-state index contributed by atoms with van der Waals surface area (Å²) in [6.45, 7) is 0. The molecule has 0 radical (unpaired) electrons. The molecular weight excluding hydrogens is 679 g/mol. The first-order valence-corrected chi connectivity index (χ1v) is 13.4. The highest BCUT2D eigenvalue weighted by Crippen LogP contribution is 2.65. The van der Waals surface area contributed by atoms with Gasteiger partial charge in [0.25, 0.3) is 5.91 Å². The van der Waals surface area contributed by atoms with Gasteiger partial charge in [-0.05, 0) is 53.6 Å². The maximum absolute atomic E-state index is 14.3. The van der Waals surface area contributed by atoms with Gasteiger partial charge < -0.3 is 16.0 Å². The first-order valence-electron chi connectivity index (χ1n) is 11.1. The van der Waals surface area contributed by atoms with Crippen molar-refractivity contribution < 1.29 is 31.9 Å². The molecule has 1 fully saturated rings. The Labute approximate surface area is 259 Å². The van der Waals surface area contributed by atoms with E-state index in [9.17, 15) is 31.9 Å². The number of hydrogen-bond acceptors (Lipinski definition) is 3. The number of carbonyl (C=O) groups is 3. The van der Waals surface area contributed by atoms with Crippen LogP contribution in [0.4, 0.5) is 34.6 Å². The molecule has 216 valence electrons. The van der Waals surface area contributed by atoms with Crippen LogP contribution in [0.3, 0.4) is 0 Å². The van der Waals surface area contributed by atoms with E-state index < -0.39 is 62.3 Å². The summed E-state index contributed by atoms with van der Waals surface area (Å²) in [5, 5.41) is 2.22. The van der Waals surface area contributed by atoms with Gasteiger partial charge in [0.05, 0.1) is 37.9 Å². The second-order valence-corrected chi connectivity index (χ2v) is 11.8. The van der Waals surface area contributed by atoms with Crippen LogP contribution in [0.25, 0.3) is 0 Å². The van der Waals surface area contributed by atoms with Gasteiger partial charge in [0, 0.05) is 17.7 Å². The van der Waals surface area contributed by atoms with Gasteiger partial charge in [0.1, 0.15) is 16.0 Å². The Kier molecular flexibility index (Phi) is 8.95. The number of carbonyl (C=O) groups excluding carboxylic acids is 3. The number of alkyl halides is 5. The predicted molar refractivity (Wildman–Crippen MR) is 151 cm³/mol. The Morgan fingerprint density at radius 1 is 0.780 bits per heavy atom. The number of benzene rings is 3. The average Bonchev–Trinajstić information content (AvgIpc) is 3.46. The fraction of sp³-hybridized carbons (Fsp3) is 0.160. The van der Waals surface area contributed by atoms with Gasteiger partial charge in [-0.25, -0.2) is 8.78 Å². The van der Waals surface area contributed by atoms with Crippen LogP contribution < -0.4 is 16.0 Å². The molecule has 3 amide bonds. The highest BCUT2D eigenvalue weighted by Gasteiger charge is 2.67. The van der Waals surface area contributed by atoms with E-state index in [1.54, 1.807) is 12.1 Å². The van der Waals surface area contributed by atoms with E-state index in [1.165, 1.54) is 23.5 Å². The van der Waals surface area contributed by atoms with Crippen molar-refractivity contribution in [3.05, 3.63) is 86.4 Å². The SMILES string of the molecule is O=C(Nc1cc(NC(=O)C(F)(F)Cl)c(F)cc1F)c1cc(NC(=O)C2[C@H](c3ccc(Cl)c(Cl)c3)C2(Cl)Cl)ccc1Cl. The van der Waals surface area contributed by atoms with Crippen molar-refractivity contribution in [1.82, 2.24) is 0 Å². The minimum atomic E-state index is -4.38. The van der Waals surface area contributed by atoms with E-state index in [1.807, 2.05) is 0 Å². The van der Waals surface area contributed by atoms with Crippen LogP contribution in [0.2, 0.25) is 15.1 Å². The molecule has 16 heteroatoms. The van der Waals surface area contributed by atoms with Gasteiger partial charge >= 0.3 is 11.3 Å². The van der Waals surface area contributed by atoms with Crippen LogP contribution in [0, 0.1) is 17.6 Å². The summed E-state index contributed by atoms with van der Waals surface area (Å²) in [5.74, 6) is -7.94. The minimum absolute atomic E-state index is 0.0883. The van der Waals surface area contributed by atoms with E-state index in [-0.39, 0.29) is 27.4 Å². The molecule has 0 bridgehead atoms. The maximum atomic E-state index is 14.3. The molecule has 6 nitrogen and oxygen atoms in total. The van der Waals surface area contributed by atoms with E-state index >= 15 is 0 Å². The predicted octanol–water partition coefficient (Wildman–Crippen LogP) is 8.47. The van der Waals surface area contributed by atoms with E-state index in [0.29, 0.717) is 16.7 Å². The molecule has 0 aromatic heterocycles. The van der Waals surface area contributed by atoms with Crippen LogP contribution >= 0.6 is 69.6 Å². The van der Waals surface area contributed by atoms with Gasteiger partial charge in [-0.1, -0.05) is 40.9 Å². The third-order valence-corrected chi connectivity index (χ3v) is 8.11.